The summed E-state index contributed by atoms with van der Waals surface area (Å²) in [6.07, 6.45) is 0. The third kappa shape index (κ3) is 19.7. The molecule has 20 nitrogen and oxygen atoms in total. The van der Waals surface area contributed by atoms with Crippen LogP contribution in [0.2, 0.25) is 0 Å². The molecule has 15 aromatic carbocycles. The third-order valence-electron chi connectivity index (χ3n) is 25.3. The molecule has 0 radical (unpaired) electrons. The van der Waals surface area contributed by atoms with E-state index in [1.807, 2.05) is 166 Å². The fraction of sp³-hybridized carbons (Fsp3) is 0.189. The molecule has 10 unspecified atom stereocenters. The van der Waals surface area contributed by atoms with Crippen molar-refractivity contribution in [2.45, 2.75) is 80.0 Å². The fourth-order valence-electron chi connectivity index (χ4n) is 18.6. The molecular formula is C111H102O20. The maximum Gasteiger partial charge on any atom is 0.129 e. The molecule has 12 N–H and O–H groups in total. The number of hydrogen-bond donors (Lipinski definition) is 12. The third-order valence-corrected chi connectivity index (χ3v) is 25.3. The predicted molar refractivity (Wildman–Crippen MR) is 501 cm³/mol. The summed E-state index contributed by atoms with van der Waals surface area (Å²) in [4.78, 5) is 0. The van der Waals surface area contributed by atoms with Gasteiger partial charge >= 0.3 is 0 Å². The quantitative estimate of drug-likeness (QED) is 0.0510. The van der Waals surface area contributed by atoms with Gasteiger partial charge in [-0.1, -0.05) is 152 Å². The number of phenols is 12. The second-order valence-corrected chi connectivity index (χ2v) is 33.4. The maximum absolute atomic E-state index is 10.1. The van der Waals surface area contributed by atoms with E-state index in [4.69, 9.17) is 37.9 Å². The minimum absolute atomic E-state index is 0.0168. The smallest absolute Gasteiger partial charge is 0.129 e. The molecule has 0 amide bonds. The Labute approximate surface area is 759 Å². The first-order valence-electron chi connectivity index (χ1n) is 43.2. The highest BCUT2D eigenvalue weighted by molar-refractivity contribution is 5.60. The van der Waals surface area contributed by atoms with Crippen LogP contribution in [-0.2, 0) is 0 Å². The van der Waals surface area contributed by atoms with E-state index in [9.17, 15) is 61.3 Å². The molecule has 10 atom stereocenters. The zero-order valence-electron chi connectivity index (χ0n) is 73.0. The molecule has 20 heteroatoms. The molecule has 0 saturated heterocycles. The maximum atomic E-state index is 10.1. The van der Waals surface area contributed by atoms with Gasteiger partial charge in [-0.05, 0) is 227 Å². The van der Waals surface area contributed by atoms with Crippen molar-refractivity contribution in [3.63, 3.8) is 0 Å². The topological polar surface area (TPSA) is 317 Å². The number of rotatable bonds is 13. The number of aryl methyl sites for hydroxylation is 2. The van der Waals surface area contributed by atoms with Gasteiger partial charge in [0.1, 0.15) is 115 Å². The van der Waals surface area contributed by atoms with Crippen molar-refractivity contribution in [2.75, 3.05) is 54.4 Å². The monoisotopic (exact) mass is 1750 g/mol. The summed E-state index contributed by atoms with van der Waals surface area (Å²) in [5.74, 6) is 9.35. The lowest BCUT2D eigenvalue weighted by atomic mass is 9.75. The van der Waals surface area contributed by atoms with Crippen LogP contribution in [0.5, 0.6) is 115 Å². The summed E-state index contributed by atoms with van der Waals surface area (Å²) in [5, 5.41) is 117. The molecule has 5 aliphatic heterocycles. The van der Waals surface area contributed by atoms with Gasteiger partial charge in [-0.15, -0.1) is 0 Å². The lowest BCUT2D eigenvalue weighted by Gasteiger charge is -2.35. The fourth-order valence-corrected chi connectivity index (χ4v) is 18.6. The van der Waals surface area contributed by atoms with Crippen molar-refractivity contribution in [2.24, 2.45) is 0 Å². The van der Waals surface area contributed by atoms with E-state index >= 15 is 0 Å². The lowest BCUT2D eigenvalue weighted by Crippen LogP contribution is -2.25. The standard InChI is InChI=1S/2C23H22O4.2C22H20O4.C21H18O4/c1-14-21(25)12-11-19-22(16-5-9-18(26-2)10-6-16)20(13-27-23(14)19)15-3-7-17(24)8-4-15;1-14-11-16(5-10-21(14)26-2)23-19-9-8-18(25)12-22(19)27-13-20(23)15-3-6-17(24)7-4-15;1-25-18-9-4-15(5-10-18)22-19-11-8-17(24)12-21(19)26-13-20(22)14-2-6-16(23)7-3-14;1-13-10-15(4-9-20(13)25)22-18-8-7-17(24)11-21(18)26-12-19(22)14-2-5-16(23)6-3-14;22-15-5-1-13(2-6-15)19-12-25-20-11-17(24)9-10-18(20)21(19)14-3-7-16(23)8-4-14/h3-12,20,22,24-25H,13H2,1-2H3;3-12,20,23-25H,13H2,1-2H3;2-12,20,22-24H,13H2,1H3;2-11,19,22-25H,12H2,1H3;1-11,19,21-24H,12H2. The van der Waals surface area contributed by atoms with Gasteiger partial charge in [0, 0.05) is 117 Å². The van der Waals surface area contributed by atoms with Crippen LogP contribution >= 0.6 is 0 Å². The summed E-state index contributed by atoms with van der Waals surface area (Å²) in [5.41, 5.74) is 18.8. The van der Waals surface area contributed by atoms with Gasteiger partial charge < -0.3 is 99.2 Å². The van der Waals surface area contributed by atoms with Crippen LogP contribution in [0.1, 0.15) is 159 Å². The van der Waals surface area contributed by atoms with Crippen LogP contribution in [-0.4, -0.2) is 116 Å². The number of benzene rings is 15. The van der Waals surface area contributed by atoms with Crippen molar-refractivity contribution < 1.29 is 99.2 Å². The second-order valence-electron chi connectivity index (χ2n) is 33.4. The summed E-state index contributed by atoms with van der Waals surface area (Å²) < 4.78 is 45.8. The summed E-state index contributed by atoms with van der Waals surface area (Å²) in [7, 11) is 4.98. The van der Waals surface area contributed by atoms with Crippen LogP contribution in [0, 0.1) is 20.8 Å². The molecule has 0 spiro atoms. The second kappa shape index (κ2) is 39.3. The number of methoxy groups -OCH3 is 3. The number of fused-ring (bicyclic) bond motifs is 5. The van der Waals surface area contributed by atoms with Gasteiger partial charge in [0.15, 0.2) is 0 Å². The van der Waals surface area contributed by atoms with Crippen molar-refractivity contribution in [1.82, 2.24) is 0 Å². The zero-order chi connectivity index (χ0) is 91.7. The highest BCUT2D eigenvalue weighted by atomic mass is 16.5. The van der Waals surface area contributed by atoms with Gasteiger partial charge in [0.2, 0.25) is 0 Å². The van der Waals surface area contributed by atoms with E-state index in [0.29, 0.717) is 56.0 Å². The van der Waals surface area contributed by atoms with E-state index in [1.165, 1.54) is 5.56 Å². The number of hydrogen-bond acceptors (Lipinski definition) is 20. The highest BCUT2D eigenvalue weighted by Gasteiger charge is 2.40. The summed E-state index contributed by atoms with van der Waals surface area (Å²) >= 11 is 0. The Morgan fingerprint density at radius 1 is 0.214 bits per heavy atom. The SMILES string of the molecule is COc1ccc(C2c3ccc(O)c(C)c3OCC2c2ccc(O)cc2)cc1.COc1ccc(C2c3ccc(O)cc3OCC2c2ccc(O)cc2)cc1.COc1ccc(C2c3ccc(O)cc3OCC2c2ccc(O)cc2)cc1C.Cc1cc(C2c3ccc(O)cc3OCC2c2ccc(O)cc2)ccc1O.Oc1ccc(C2COc3cc(O)ccc3C2c2ccc(O)cc2)cc1. The minimum Gasteiger partial charge on any atom is -0.508 e. The first-order chi connectivity index (χ1) is 63.4. The van der Waals surface area contributed by atoms with Gasteiger partial charge in [-0.2, -0.15) is 0 Å². The van der Waals surface area contributed by atoms with Crippen LogP contribution in [0.25, 0.3) is 0 Å². The van der Waals surface area contributed by atoms with Crippen molar-refractivity contribution in [3.8, 4) is 115 Å². The Morgan fingerprint density at radius 2 is 0.450 bits per heavy atom. The highest BCUT2D eigenvalue weighted by Crippen LogP contribution is 2.55. The van der Waals surface area contributed by atoms with Crippen LogP contribution in [0.4, 0.5) is 0 Å². The van der Waals surface area contributed by atoms with E-state index < -0.39 is 0 Å². The number of phenolic OH excluding ortho intramolecular Hbond substituents is 12. The minimum atomic E-state index is 0.0168. The van der Waals surface area contributed by atoms with E-state index in [1.54, 1.807) is 155 Å². The van der Waals surface area contributed by atoms with Crippen LogP contribution in [0.15, 0.2) is 315 Å². The van der Waals surface area contributed by atoms with Gasteiger partial charge in [0.25, 0.3) is 0 Å². The Kier molecular flexibility index (Phi) is 26.6. The molecule has 0 aliphatic carbocycles. The van der Waals surface area contributed by atoms with E-state index in [2.05, 4.69) is 36.4 Å². The molecule has 20 rings (SSSR count). The van der Waals surface area contributed by atoms with Crippen molar-refractivity contribution >= 4 is 0 Å². The molecule has 0 aromatic heterocycles. The van der Waals surface area contributed by atoms with Gasteiger partial charge in [0.05, 0.1) is 54.4 Å². The average Bonchev–Trinajstić information content (AvgIpc) is 0.735. The molecule has 5 heterocycles. The van der Waals surface area contributed by atoms with Crippen molar-refractivity contribution in [1.29, 1.82) is 0 Å². The molecule has 5 aliphatic rings. The van der Waals surface area contributed by atoms with Gasteiger partial charge in [-0.3, -0.25) is 0 Å². The molecule has 15 aromatic rings. The molecule has 0 saturated carbocycles. The van der Waals surface area contributed by atoms with E-state index in [-0.39, 0.29) is 128 Å². The largest absolute Gasteiger partial charge is 0.508 e. The summed E-state index contributed by atoms with van der Waals surface area (Å²) in [6, 6.07) is 96.1. The first kappa shape index (κ1) is 88.7. The zero-order valence-corrected chi connectivity index (χ0v) is 73.0. The lowest BCUT2D eigenvalue weighted by molar-refractivity contribution is 0.245. The Hall–Kier alpha value is -15.7. The van der Waals surface area contributed by atoms with Crippen LogP contribution < -0.4 is 37.9 Å². The van der Waals surface area contributed by atoms with E-state index in [0.717, 1.165) is 118 Å². The molecule has 0 bridgehead atoms. The van der Waals surface area contributed by atoms with Gasteiger partial charge in [-0.25, -0.2) is 0 Å². The van der Waals surface area contributed by atoms with Crippen LogP contribution in [0.3, 0.4) is 0 Å². The Morgan fingerprint density at radius 3 is 0.740 bits per heavy atom. The Bertz CT molecular complexity index is 6420. The predicted octanol–water partition coefficient (Wildman–Crippen LogP) is 22.4. The number of aromatic hydroxyl groups is 12. The average molecular weight is 1760 g/mol. The molecular weight excluding hydrogens is 1650 g/mol. The first-order valence-corrected chi connectivity index (χ1v) is 43.2. The molecule has 0 fully saturated rings. The molecule has 666 valence electrons. The van der Waals surface area contributed by atoms with Crippen molar-refractivity contribution in [3.05, 3.63) is 416 Å². The number of ether oxygens (including phenoxy) is 8. The molecule has 131 heavy (non-hydrogen) atoms. The normalized spacial score (nSPS) is 18.7. The summed E-state index contributed by atoms with van der Waals surface area (Å²) in [6.45, 7) is 8.22. The Balaban J connectivity index is 0.000000120.